The number of isocyanates is 1. The van der Waals surface area contributed by atoms with Crippen molar-refractivity contribution in [3.8, 4) is 0 Å². The van der Waals surface area contributed by atoms with Crippen LogP contribution in [0.15, 0.2) is 58.8 Å². The second kappa shape index (κ2) is 8.52. The molecule has 2 aromatic rings. The molecule has 2 heterocycles. The molecule has 0 aromatic carbocycles. The van der Waals surface area contributed by atoms with Crippen molar-refractivity contribution in [1.82, 2.24) is 9.97 Å². The molecule has 86 valence electrons. The molecule has 2 rings (SSSR count). The minimum absolute atomic E-state index is 0.750. The van der Waals surface area contributed by atoms with Crippen molar-refractivity contribution in [3.05, 3.63) is 48.8 Å². The highest BCUT2D eigenvalue weighted by molar-refractivity contribution is 8.76. The topological polar surface area (TPSA) is 66.7 Å². The Kier molecular flexibility index (Phi) is 6.74. The molecule has 0 amide bonds. The second-order valence-corrected chi connectivity index (χ2v) is 4.77. The predicted octanol–water partition coefficient (Wildman–Crippen LogP) is 3.18. The van der Waals surface area contributed by atoms with Crippen LogP contribution in [0.2, 0.25) is 0 Å². The Bertz CT molecular complexity index is 419. The predicted molar refractivity (Wildman–Crippen MR) is 68.6 cm³/mol. The maximum atomic E-state index is 8.35. The van der Waals surface area contributed by atoms with Crippen LogP contribution in [-0.4, -0.2) is 16.0 Å². The lowest BCUT2D eigenvalue weighted by Gasteiger charge is -1.97. The number of rotatable bonds is 3. The first-order valence-electron chi connectivity index (χ1n) is 4.57. The molecule has 4 nitrogen and oxygen atoms in total. The van der Waals surface area contributed by atoms with Gasteiger partial charge in [0.15, 0.2) is 0 Å². The molecule has 0 spiro atoms. The highest BCUT2D eigenvalue weighted by Gasteiger charge is 1.97. The van der Waals surface area contributed by atoms with E-state index in [2.05, 4.69) is 9.97 Å². The summed E-state index contributed by atoms with van der Waals surface area (Å²) >= 11 is 0. The number of nitrogens with one attached hydrogen (secondary N) is 1. The van der Waals surface area contributed by atoms with Crippen molar-refractivity contribution in [2.24, 2.45) is 0 Å². The summed E-state index contributed by atoms with van der Waals surface area (Å²) in [5, 5.41) is 7.41. The van der Waals surface area contributed by atoms with Gasteiger partial charge in [0.25, 0.3) is 0 Å². The van der Waals surface area contributed by atoms with E-state index in [0.29, 0.717) is 0 Å². The molecule has 1 N–H and O–H groups in total. The first kappa shape index (κ1) is 13.4. The molecule has 0 atom stereocenters. The van der Waals surface area contributed by atoms with Crippen LogP contribution in [-0.2, 0) is 4.79 Å². The van der Waals surface area contributed by atoms with Crippen LogP contribution in [0.3, 0.4) is 0 Å². The smallest absolute Gasteiger partial charge is 0.231 e. The van der Waals surface area contributed by atoms with Gasteiger partial charge in [0.1, 0.15) is 10.1 Å². The van der Waals surface area contributed by atoms with Gasteiger partial charge in [0.05, 0.1) is 0 Å². The molecule has 2 aromatic heterocycles. The number of nitrogens with zero attached hydrogens (tertiary/aromatic N) is 2. The number of hydrogen-bond donors (Lipinski definition) is 1. The van der Waals surface area contributed by atoms with E-state index in [1.807, 2.05) is 36.4 Å². The van der Waals surface area contributed by atoms with Crippen LogP contribution in [0, 0.1) is 5.41 Å². The van der Waals surface area contributed by atoms with Crippen molar-refractivity contribution in [1.29, 1.82) is 5.41 Å². The molecule has 0 aliphatic heterocycles. The van der Waals surface area contributed by atoms with E-state index in [1.165, 1.54) is 0 Å². The number of hydrogen-bond acceptors (Lipinski definition) is 6. The van der Waals surface area contributed by atoms with Gasteiger partial charge in [-0.05, 0) is 45.9 Å². The van der Waals surface area contributed by atoms with Gasteiger partial charge < -0.3 is 0 Å². The van der Waals surface area contributed by atoms with E-state index in [1.54, 1.807) is 34.0 Å². The minimum atomic E-state index is 0.750. The molecule has 0 bridgehead atoms. The Hall–Kier alpha value is -1.62. The third-order valence-corrected chi connectivity index (χ3v) is 3.67. The van der Waals surface area contributed by atoms with Gasteiger partial charge in [0.2, 0.25) is 6.08 Å². The molecule has 17 heavy (non-hydrogen) atoms. The molecular weight excluding hydrogens is 254 g/mol. The lowest BCUT2D eigenvalue weighted by atomic mass is 10.5. The lowest BCUT2D eigenvalue weighted by Crippen LogP contribution is -1.75. The fraction of sp³-hybridized carbons (Fsp3) is 0. The molecule has 0 fully saturated rings. The highest BCUT2D eigenvalue weighted by Crippen LogP contribution is 2.34. The Labute approximate surface area is 107 Å². The van der Waals surface area contributed by atoms with Crippen molar-refractivity contribution in [3.63, 3.8) is 0 Å². The molecular formula is C11H9N3OS2. The summed E-state index contributed by atoms with van der Waals surface area (Å²) in [6.07, 6.45) is 4.34. The van der Waals surface area contributed by atoms with Crippen molar-refractivity contribution >= 4 is 27.7 Å². The Morgan fingerprint density at radius 3 is 1.65 bits per heavy atom. The fourth-order valence-electron chi connectivity index (χ4n) is 0.878. The lowest BCUT2D eigenvalue weighted by molar-refractivity contribution is 0.563. The normalized spacial score (nSPS) is 8.71. The fourth-order valence-corrected chi connectivity index (χ4v) is 2.63. The molecule has 0 aliphatic rings. The van der Waals surface area contributed by atoms with E-state index >= 15 is 0 Å². The first-order valence-corrected chi connectivity index (χ1v) is 6.72. The summed E-state index contributed by atoms with van der Waals surface area (Å²) in [6, 6.07) is 11.8. The van der Waals surface area contributed by atoms with Gasteiger partial charge in [-0.3, -0.25) is 0 Å². The standard InChI is InChI=1S/C10H8N2S2.CHNO/c1-3-7-11-9(5-1)13-14-10-6-2-4-8-12-10;2-1-3/h1-8H;2H. The largest absolute Gasteiger partial charge is 0.249 e. The SMILES string of the molecule is N=C=O.c1ccc(SSc2ccccn2)nc1. The van der Waals surface area contributed by atoms with E-state index in [0.717, 1.165) is 16.1 Å². The number of pyridine rings is 2. The summed E-state index contributed by atoms with van der Waals surface area (Å²) in [4.78, 5) is 16.8. The summed E-state index contributed by atoms with van der Waals surface area (Å²) in [7, 11) is 3.23. The zero-order chi connectivity index (χ0) is 12.3. The maximum absolute atomic E-state index is 8.35. The number of aromatic nitrogens is 2. The van der Waals surface area contributed by atoms with E-state index in [-0.39, 0.29) is 0 Å². The first-order chi connectivity index (χ1) is 8.36. The Morgan fingerprint density at radius 1 is 0.941 bits per heavy atom. The summed E-state index contributed by atoms with van der Waals surface area (Å²) in [6.45, 7) is 0. The van der Waals surface area contributed by atoms with Crippen LogP contribution in [0.4, 0.5) is 0 Å². The van der Waals surface area contributed by atoms with Crippen molar-refractivity contribution in [2.75, 3.05) is 0 Å². The molecule has 0 unspecified atom stereocenters. The zero-order valence-corrected chi connectivity index (χ0v) is 10.4. The number of carbonyl (C=O) groups excluding carboxylic acids is 1. The Balaban J connectivity index is 0.000000437. The molecule has 6 heteroatoms. The molecule has 0 saturated heterocycles. The van der Waals surface area contributed by atoms with E-state index in [4.69, 9.17) is 10.2 Å². The van der Waals surface area contributed by atoms with Crippen LogP contribution in [0.5, 0.6) is 0 Å². The Morgan fingerprint density at radius 2 is 1.35 bits per heavy atom. The zero-order valence-electron chi connectivity index (χ0n) is 8.74. The van der Waals surface area contributed by atoms with Gasteiger partial charge >= 0.3 is 0 Å². The van der Waals surface area contributed by atoms with Gasteiger partial charge in [-0.15, -0.1) is 0 Å². The molecule has 0 radical (unpaired) electrons. The van der Waals surface area contributed by atoms with Crippen molar-refractivity contribution in [2.45, 2.75) is 10.1 Å². The third-order valence-electron chi connectivity index (χ3n) is 1.49. The van der Waals surface area contributed by atoms with Crippen LogP contribution < -0.4 is 0 Å². The molecule has 0 saturated carbocycles. The minimum Gasteiger partial charge on any atom is -0.249 e. The summed E-state index contributed by atoms with van der Waals surface area (Å²) < 4.78 is 0. The van der Waals surface area contributed by atoms with Crippen LogP contribution >= 0.6 is 21.6 Å². The maximum Gasteiger partial charge on any atom is 0.231 e. The van der Waals surface area contributed by atoms with E-state index in [9.17, 15) is 0 Å². The second-order valence-electron chi connectivity index (χ2n) is 2.60. The van der Waals surface area contributed by atoms with Crippen LogP contribution in [0.25, 0.3) is 0 Å². The van der Waals surface area contributed by atoms with Crippen LogP contribution in [0.1, 0.15) is 0 Å². The average Bonchev–Trinajstić information content (AvgIpc) is 2.40. The molecule has 0 aliphatic carbocycles. The van der Waals surface area contributed by atoms with Crippen molar-refractivity contribution < 1.29 is 4.79 Å². The summed E-state index contributed by atoms with van der Waals surface area (Å²) in [5.41, 5.74) is 0. The van der Waals surface area contributed by atoms with Gasteiger partial charge in [-0.2, -0.15) is 0 Å². The van der Waals surface area contributed by atoms with Gasteiger partial charge in [-0.25, -0.2) is 20.2 Å². The summed E-state index contributed by atoms with van der Waals surface area (Å²) in [5.74, 6) is 0. The highest BCUT2D eigenvalue weighted by atomic mass is 33.1. The third kappa shape index (κ3) is 5.87. The average molecular weight is 263 g/mol. The van der Waals surface area contributed by atoms with Gasteiger partial charge in [-0.1, -0.05) is 12.1 Å². The quantitative estimate of drug-likeness (QED) is 0.523. The monoisotopic (exact) mass is 263 g/mol. The van der Waals surface area contributed by atoms with E-state index < -0.39 is 0 Å². The van der Waals surface area contributed by atoms with Gasteiger partial charge in [0, 0.05) is 12.4 Å².